The zero-order valence-corrected chi connectivity index (χ0v) is 14.5. The third kappa shape index (κ3) is 3.09. The van der Waals surface area contributed by atoms with E-state index >= 15 is 0 Å². The zero-order valence-electron chi connectivity index (χ0n) is 14.5. The molecule has 118 valence electrons. The number of rotatable bonds is 4. The molecule has 0 aromatic heterocycles. The van der Waals surface area contributed by atoms with Crippen LogP contribution in [0.4, 0.5) is 0 Å². The Morgan fingerprint density at radius 3 is 2.52 bits per heavy atom. The Morgan fingerprint density at radius 2 is 2.00 bits per heavy atom. The van der Waals surface area contributed by atoms with Crippen molar-refractivity contribution >= 4 is 0 Å². The molecule has 3 nitrogen and oxygen atoms in total. The number of hydrogen-bond acceptors (Lipinski definition) is 3. The maximum Gasteiger partial charge on any atom is 0.119 e. The minimum atomic E-state index is 0.277. The van der Waals surface area contributed by atoms with Gasteiger partial charge in [-0.15, -0.1) is 0 Å². The first-order valence-corrected chi connectivity index (χ1v) is 7.85. The van der Waals surface area contributed by atoms with Crippen molar-refractivity contribution in [3.05, 3.63) is 29.3 Å². The summed E-state index contributed by atoms with van der Waals surface area (Å²) in [6.07, 6.45) is 1.10. The fraction of sp³-hybridized carbons (Fsp3) is 0.667. The molecule has 0 aliphatic heterocycles. The van der Waals surface area contributed by atoms with Gasteiger partial charge >= 0.3 is 0 Å². The second-order valence-corrected chi connectivity index (χ2v) is 7.31. The normalized spacial score (nSPS) is 23.2. The summed E-state index contributed by atoms with van der Waals surface area (Å²) in [5, 5.41) is 3.51. The van der Waals surface area contributed by atoms with Crippen LogP contribution in [0.15, 0.2) is 18.2 Å². The van der Waals surface area contributed by atoms with Crippen LogP contribution in [0.3, 0.4) is 0 Å². The highest BCUT2D eigenvalue weighted by Gasteiger charge is 2.38. The van der Waals surface area contributed by atoms with E-state index in [-0.39, 0.29) is 5.41 Å². The highest BCUT2D eigenvalue weighted by Crippen LogP contribution is 2.38. The quantitative estimate of drug-likeness (QED) is 0.921. The first-order chi connectivity index (χ1) is 9.79. The number of nitrogens with zero attached hydrogens (tertiary/aromatic N) is 1. The van der Waals surface area contributed by atoms with Crippen LogP contribution in [0.5, 0.6) is 5.75 Å². The van der Waals surface area contributed by atoms with Crippen LogP contribution in [0.2, 0.25) is 0 Å². The van der Waals surface area contributed by atoms with Gasteiger partial charge in [0, 0.05) is 18.1 Å². The van der Waals surface area contributed by atoms with Crippen LogP contribution >= 0.6 is 0 Å². The number of likely N-dealkylation sites (N-methyl/N-ethyl adjacent to an activating group) is 2. The molecule has 1 aromatic carbocycles. The second-order valence-electron chi connectivity index (χ2n) is 7.31. The molecular formula is C18H30N2O. The van der Waals surface area contributed by atoms with Gasteiger partial charge in [-0.05, 0) is 56.1 Å². The predicted octanol–water partition coefficient (Wildman–Crippen LogP) is 3.25. The molecule has 0 radical (unpaired) electrons. The largest absolute Gasteiger partial charge is 0.497 e. The number of fused-ring (bicyclic) bond motifs is 1. The van der Waals surface area contributed by atoms with Crippen LogP contribution in [0.1, 0.15) is 44.9 Å². The molecule has 3 atom stereocenters. The van der Waals surface area contributed by atoms with Crippen molar-refractivity contribution < 1.29 is 4.74 Å². The van der Waals surface area contributed by atoms with E-state index in [1.54, 1.807) is 7.11 Å². The molecule has 3 unspecified atom stereocenters. The fourth-order valence-corrected chi connectivity index (χ4v) is 3.35. The van der Waals surface area contributed by atoms with Crippen LogP contribution < -0.4 is 10.1 Å². The number of hydrogen-bond donors (Lipinski definition) is 1. The monoisotopic (exact) mass is 290 g/mol. The topological polar surface area (TPSA) is 24.5 Å². The molecule has 2 rings (SSSR count). The fourth-order valence-electron chi connectivity index (χ4n) is 3.35. The smallest absolute Gasteiger partial charge is 0.119 e. The Morgan fingerprint density at radius 1 is 1.33 bits per heavy atom. The molecule has 0 bridgehead atoms. The van der Waals surface area contributed by atoms with Crippen molar-refractivity contribution in [1.29, 1.82) is 0 Å². The molecule has 1 aliphatic carbocycles. The van der Waals surface area contributed by atoms with E-state index < -0.39 is 0 Å². The van der Waals surface area contributed by atoms with Gasteiger partial charge in [0.1, 0.15) is 5.75 Å². The van der Waals surface area contributed by atoms with Gasteiger partial charge in [0.15, 0.2) is 0 Å². The molecular weight excluding hydrogens is 260 g/mol. The van der Waals surface area contributed by atoms with Gasteiger partial charge in [0.05, 0.1) is 7.11 Å². The van der Waals surface area contributed by atoms with Crippen LogP contribution in [-0.4, -0.2) is 38.2 Å². The third-order valence-corrected chi connectivity index (χ3v) is 5.20. The van der Waals surface area contributed by atoms with E-state index in [0.29, 0.717) is 18.1 Å². The maximum absolute atomic E-state index is 5.39. The van der Waals surface area contributed by atoms with Gasteiger partial charge < -0.3 is 10.1 Å². The minimum Gasteiger partial charge on any atom is -0.497 e. The summed E-state index contributed by atoms with van der Waals surface area (Å²) in [4.78, 5) is 2.54. The molecule has 1 N–H and O–H groups in total. The molecule has 21 heavy (non-hydrogen) atoms. The van der Waals surface area contributed by atoms with Gasteiger partial charge in [0.2, 0.25) is 0 Å². The second kappa shape index (κ2) is 5.98. The van der Waals surface area contributed by atoms with Crippen molar-refractivity contribution in [3.63, 3.8) is 0 Å². The van der Waals surface area contributed by atoms with Gasteiger partial charge in [-0.3, -0.25) is 4.90 Å². The van der Waals surface area contributed by atoms with Gasteiger partial charge in [-0.25, -0.2) is 0 Å². The van der Waals surface area contributed by atoms with Crippen LogP contribution in [0.25, 0.3) is 0 Å². The molecule has 0 fully saturated rings. The Hall–Kier alpha value is -1.06. The number of methoxy groups -OCH3 is 1. The van der Waals surface area contributed by atoms with Crippen molar-refractivity contribution in [1.82, 2.24) is 10.2 Å². The Balaban J connectivity index is 2.28. The molecule has 0 saturated carbocycles. The minimum absolute atomic E-state index is 0.277. The third-order valence-electron chi connectivity index (χ3n) is 5.20. The molecule has 0 amide bonds. The summed E-state index contributed by atoms with van der Waals surface area (Å²) in [5.74, 6) is 0.946. The molecule has 0 heterocycles. The summed E-state index contributed by atoms with van der Waals surface area (Å²) >= 11 is 0. The summed E-state index contributed by atoms with van der Waals surface area (Å²) < 4.78 is 5.39. The van der Waals surface area contributed by atoms with E-state index in [1.165, 1.54) is 11.1 Å². The Labute approximate surface area is 129 Å². The van der Waals surface area contributed by atoms with Gasteiger partial charge in [-0.1, -0.05) is 26.8 Å². The van der Waals surface area contributed by atoms with E-state index in [2.05, 4.69) is 70.2 Å². The maximum atomic E-state index is 5.39. The molecule has 3 heteroatoms. The van der Waals surface area contributed by atoms with Crippen molar-refractivity contribution in [2.45, 2.75) is 52.2 Å². The molecule has 1 aliphatic rings. The van der Waals surface area contributed by atoms with E-state index in [4.69, 9.17) is 4.74 Å². The average molecular weight is 290 g/mol. The molecule has 0 saturated heterocycles. The van der Waals surface area contributed by atoms with Crippen molar-refractivity contribution in [3.8, 4) is 5.75 Å². The summed E-state index contributed by atoms with van der Waals surface area (Å²) in [5.41, 5.74) is 3.10. The summed E-state index contributed by atoms with van der Waals surface area (Å²) in [7, 11) is 6.05. The number of nitrogens with one attached hydrogen (secondary N) is 1. The lowest BCUT2D eigenvalue weighted by molar-refractivity contribution is 0.0843. The Kier molecular flexibility index (Phi) is 4.64. The van der Waals surface area contributed by atoms with E-state index in [9.17, 15) is 0 Å². The predicted molar refractivity (Wildman–Crippen MR) is 89.0 cm³/mol. The first kappa shape index (κ1) is 16.3. The van der Waals surface area contributed by atoms with Crippen LogP contribution in [0, 0.1) is 5.41 Å². The Bertz CT molecular complexity index is 492. The van der Waals surface area contributed by atoms with Gasteiger partial charge in [0.25, 0.3) is 0 Å². The first-order valence-electron chi connectivity index (χ1n) is 7.85. The molecule has 1 aromatic rings. The van der Waals surface area contributed by atoms with E-state index in [0.717, 1.165) is 12.2 Å². The lowest BCUT2D eigenvalue weighted by Gasteiger charge is -2.41. The SMILES string of the molecule is CNC1c2cc(OC)ccc2CC1N(C)C(C)C(C)(C)C. The van der Waals surface area contributed by atoms with Gasteiger partial charge in [-0.2, -0.15) is 0 Å². The molecule has 0 spiro atoms. The zero-order chi connectivity index (χ0) is 15.8. The standard InChI is InChI=1S/C18H30N2O/c1-12(18(2,3)4)20(6)16-10-13-8-9-14(21-7)11-15(13)17(16)19-5/h8-9,11-12,16-17,19H,10H2,1-7H3. The highest BCUT2D eigenvalue weighted by atomic mass is 16.5. The summed E-state index contributed by atoms with van der Waals surface area (Å²) in [6.45, 7) is 9.27. The number of benzene rings is 1. The lowest BCUT2D eigenvalue weighted by Crippen LogP contribution is -2.49. The highest BCUT2D eigenvalue weighted by molar-refractivity contribution is 5.42. The van der Waals surface area contributed by atoms with Crippen LogP contribution in [-0.2, 0) is 6.42 Å². The number of ether oxygens (including phenoxy) is 1. The van der Waals surface area contributed by atoms with Crippen molar-refractivity contribution in [2.75, 3.05) is 21.2 Å². The van der Waals surface area contributed by atoms with E-state index in [1.807, 2.05) is 0 Å². The summed E-state index contributed by atoms with van der Waals surface area (Å²) in [6, 6.07) is 7.85. The average Bonchev–Trinajstić information content (AvgIpc) is 2.81. The van der Waals surface area contributed by atoms with Crippen molar-refractivity contribution in [2.24, 2.45) is 5.41 Å². The lowest BCUT2D eigenvalue weighted by atomic mass is 9.86.